The number of pyridine rings is 1. The normalized spacial score (nSPS) is 12.8. The van der Waals surface area contributed by atoms with Crippen molar-refractivity contribution in [3.8, 4) is 0 Å². The summed E-state index contributed by atoms with van der Waals surface area (Å²) in [6.07, 6.45) is 13.7. The van der Waals surface area contributed by atoms with Gasteiger partial charge in [-0.3, -0.25) is 10.4 Å². The van der Waals surface area contributed by atoms with Gasteiger partial charge in [0.25, 0.3) is 0 Å². The Bertz CT molecular complexity index is 512. The Balaban J connectivity index is 0.000000202. The number of nitrogens with one attached hydrogen (secondary N) is 1. The fourth-order valence-corrected chi connectivity index (χ4v) is 1.23. The van der Waals surface area contributed by atoms with E-state index in [0.29, 0.717) is 0 Å². The summed E-state index contributed by atoms with van der Waals surface area (Å²) in [7, 11) is 0. The van der Waals surface area contributed by atoms with Gasteiger partial charge in [-0.1, -0.05) is 12.1 Å². The fourth-order valence-electron chi connectivity index (χ4n) is 1.23. The van der Waals surface area contributed by atoms with E-state index in [4.69, 9.17) is 0 Å². The molecule has 1 N–H and O–H groups in total. The molecule has 2 aromatic rings. The van der Waals surface area contributed by atoms with E-state index < -0.39 is 0 Å². The van der Waals surface area contributed by atoms with Gasteiger partial charge in [0, 0.05) is 12.4 Å². The van der Waals surface area contributed by atoms with Gasteiger partial charge in [0.2, 0.25) is 0 Å². The topological polar surface area (TPSA) is 63.3 Å². The van der Waals surface area contributed by atoms with Crippen molar-refractivity contribution in [1.29, 1.82) is 0 Å². The first-order valence-corrected chi connectivity index (χ1v) is 5.36. The van der Waals surface area contributed by atoms with Crippen molar-refractivity contribution in [3.05, 3.63) is 67.2 Å². The summed E-state index contributed by atoms with van der Waals surface area (Å²) in [5.74, 6) is 0. The number of hydrazone groups is 1. The van der Waals surface area contributed by atoms with Crippen molar-refractivity contribution in [2.45, 2.75) is 0 Å². The molecule has 0 unspecified atom stereocenters. The smallest absolute Gasteiger partial charge is 0.180 e. The zero-order valence-electron chi connectivity index (χ0n) is 9.60. The number of hydrogen-bond donors (Lipinski definition) is 1. The average Bonchev–Trinajstić information content (AvgIpc) is 2.90. The summed E-state index contributed by atoms with van der Waals surface area (Å²) in [6.45, 7) is 0. The first-order chi connectivity index (χ1) is 8.97. The molecule has 5 heteroatoms. The van der Waals surface area contributed by atoms with Gasteiger partial charge in [-0.15, -0.1) is 0 Å². The quantitative estimate of drug-likeness (QED) is 0.830. The Kier molecular flexibility index (Phi) is 4.45. The lowest BCUT2D eigenvalue weighted by Crippen LogP contribution is -2.04. The van der Waals surface area contributed by atoms with Crippen molar-refractivity contribution < 1.29 is 4.42 Å². The van der Waals surface area contributed by atoms with E-state index in [1.807, 2.05) is 36.4 Å². The summed E-state index contributed by atoms with van der Waals surface area (Å²) >= 11 is 0. The van der Waals surface area contributed by atoms with E-state index in [9.17, 15) is 0 Å². The van der Waals surface area contributed by atoms with Crippen LogP contribution in [0, 0.1) is 0 Å². The fraction of sp³-hybridized carbons (Fsp3) is 0. The van der Waals surface area contributed by atoms with Crippen molar-refractivity contribution in [1.82, 2.24) is 15.4 Å². The minimum atomic E-state index is 0.895. The number of oxazole rings is 1. The molecule has 0 saturated carbocycles. The second-order valence-electron chi connectivity index (χ2n) is 3.25. The van der Waals surface area contributed by atoms with E-state index in [2.05, 4.69) is 24.9 Å². The van der Waals surface area contributed by atoms with Crippen LogP contribution in [0.4, 0.5) is 0 Å². The van der Waals surface area contributed by atoms with Crippen molar-refractivity contribution >= 4 is 11.9 Å². The van der Waals surface area contributed by atoms with E-state index in [1.165, 1.54) is 12.7 Å². The van der Waals surface area contributed by atoms with Gasteiger partial charge >= 0.3 is 0 Å². The van der Waals surface area contributed by atoms with Crippen LogP contribution >= 0.6 is 0 Å². The van der Waals surface area contributed by atoms with E-state index in [1.54, 1.807) is 18.6 Å². The van der Waals surface area contributed by atoms with E-state index >= 15 is 0 Å². The van der Waals surface area contributed by atoms with Gasteiger partial charge in [-0.05, 0) is 24.3 Å². The van der Waals surface area contributed by atoms with E-state index in [-0.39, 0.29) is 0 Å². The highest BCUT2D eigenvalue weighted by molar-refractivity contribution is 5.75. The molecular weight excluding hydrogens is 228 g/mol. The Hall–Kier alpha value is -2.69. The molecule has 0 spiro atoms. The van der Waals surface area contributed by atoms with Gasteiger partial charge in [0.1, 0.15) is 6.26 Å². The molecule has 3 rings (SSSR count). The monoisotopic (exact) mass is 240 g/mol. The highest BCUT2D eigenvalue weighted by Gasteiger charge is 1.99. The van der Waals surface area contributed by atoms with Crippen molar-refractivity contribution in [2.24, 2.45) is 5.10 Å². The molecule has 0 atom stereocenters. The predicted octanol–water partition coefficient (Wildman–Crippen LogP) is 2.24. The van der Waals surface area contributed by atoms with Crippen LogP contribution in [0.3, 0.4) is 0 Å². The molecule has 2 aromatic heterocycles. The number of aromatic nitrogens is 2. The maximum Gasteiger partial charge on any atom is 0.180 e. The molecule has 0 bridgehead atoms. The molecule has 90 valence electrons. The minimum Gasteiger partial charge on any atom is -0.452 e. The molecular formula is C13H12N4O. The molecule has 0 amide bonds. The Morgan fingerprint density at radius 1 is 1.11 bits per heavy atom. The second kappa shape index (κ2) is 6.80. The molecule has 0 aliphatic carbocycles. The van der Waals surface area contributed by atoms with Crippen LogP contribution in [-0.2, 0) is 0 Å². The van der Waals surface area contributed by atoms with Gasteiger partial charge in [0.05, 0.1) is 17.6 Å². The first kappa shape index (κ1) is 11.8. The SMILES string of the molecule is C1=CC=C(c2ccccn2)NN=C1.c1cocn1. The van der Waals surface area contributed by atoms with Gasteiger partial charge < -0.3 is 4.42 Å². The zero-order chi connectivity index (χ0) is 12.5. The molecule has 0 fully saturated rings. The summed E-state index contributed by atoms with van der Waals surface area (Å²) < 4.78 is 4.47. The van der Waals surface area contributed by atoms with Crippen LogP contribution in [0.25, 0.3) is 5.70 Å². The summed E-state index contributed by atoms with van der Waals surface area (Å²) in [5, 5.41) is 3.96. The molecule has 18 heavy (non-hydrogen) atoms. The molecule has 3 heterocycles. The highest BCUT2D eigenvalue weighted by atomic mass is 16.3. The summed E-state index contributed by atoms with van der Waals surface area (Å²) in [4.78, 5) is 7.76. The number of hydrogen-bond acceptors (Lipinski definition) is 5. The van der Waals surface area contributed by atoms with Crippen LogP contribution < -0.4 is 5.43 Å². The van der Waals surface area contributed by atoms with Crippen LogP contribution in [-0.4, -0.2) is 16.2 Å². The predicted molar refractivity (Wildman–Crippen MR) is 69.5 cm³/mol. The highest BCUT2D eigenvalue weighted by Crippen LogP contribution is 2.08. The molecule has 0 radical (unpaired) electrons. The molecule has 0 aromatic carbocycles. The molecule has 0 saturated heterocycles. The molecule has 1 aliphatic heterocycles. The standard InChI is InChI=1S/C10H9N3.C3H3NO/c1-3-7-11-9(5-1)10-6-2-4-8-12-13-10;1-2-5-3-4-1/h1-8,13H;1-3H. The zero-order valence-corrected chi connectivity index (χ0v) is 9.60. The molecule has 5 nitrogen and oxygen atoms in total. The van der Waals surface area contributed by atoms with Crippen molar-refractivity contribution in [3.63, 3.8) is 0 Å². The van der Waals surface area contributed by atoms with Gasteiger partial charge in [-0.25, -0.2) is 4.98 Å². The van der Waals surface area contributed by atoms with Crippen LogP contribution in [0.2, 0.25) is 0 Å². The Morgan fingerprint density at radius 2 is 2.11 bits per heavy atom. The lowest BCUT2D eigenvalue weighted by atomic mass is 10.2. The summed E-state index contributed by atoms with van der Waals surface area (Å²) in [5.41, 5.74) is 4.71. The summed E-state index contributed by atoms with van der Waals surface area (Å²) in [6, 6.07) is 5.77. The third-order valence-corrected chi connectivity index (χ3v) is 2.01. The third kappa shape index (κ3) is 3.71. The maximum atomic E-state index is 4.47. The third-order valence-electron chi connectivity index (χ3n) is 2.01. The number of rotatable bonds is 1. The second-order valence-corrected chi connectivity index (χ2v) is 3.25. The minimum absolute atomic E-state index is 0.895. The Labute approximate surface area is 105 Å². The largest absolute Gasteiger partial charge is 0.452 e. The van der Waals surface area contributed by atoms with Gasteiger partial charge in [0.15, 0.2) is 6.39 Å². The number of nitrogens with zero attached hydrogens (tertiary/aromatic N) is 3. The van der Waals surface area contributed by atoms with Crippen molar-refractivity contribution in [2.75, 3.05) is 0 Å². The molecule has 1 aliphatic rings. The van der Waals surface area contributed by atoms with Gasteiger partial charge in [-0.2, -0.15) is 5.10 Å². The first-order valence-electron chi connectivity index (χ1n) is 5.36. The average molecular weight is 240 g/mol. The lowest BCUT2D eigenvalue weighted by Gasteiger charge is -2.02. The van der Waals surface area contributed by atoms with Crippen LogP contribution in [0.5, 0.6) is 0 Å². The maximum absolute atomic E-state index is 4.47. The van der Waals surface area contributed by atoms with Crippen LogP contribution in [0.1, 0.15) is 5.69 Å². The van der Waals surface area contributed by atoms with Crippen LogP contribution in [0.15, 0.2) is 71.0 Å². The Morgan fingerprint density at radius 3 is 2.78 bits per heavy atom. The number of allylic oxidation sites excluding steroid dienone is 3. The lowest BCUT2D eigenvalue weighted by molar-refractivity contribution is 0.558. The van der Waals surface area contributed by atoms with E-state index in [0.717, 1.165) is 11.4 Å².